The van der Waals surface area contributed by atoms with Crippen molar-refractivity contribution in [2.45, 2.75) is 20.4 Å². The van der Waals surface area contributed by atoms with Crippen LogP contribution >= 0.6 is 0 Å². The van der Waals surface area contributed by atoms with Gasteiger partial charge in [0, 0.05) is 25.5 Å². The molecule has 2 aromatic heterocycles. The number of hydrogen-bond donors (Lipinski definition) is 2. The Labute approximate surface area is 99.1 Å². The van der Waals surface area contributed by atoms with E-state index >= 15 is 0 Å². The summed E-state index contributed by atoms with van der Waals surface area (Å²) in [5.74, 6) is 1.71. The van der Waals surface area contributed by atoms with Crippen LogP contribution in [-0.2, 0) is 6.54 Å². The zero-order valence-electron chi connectivity index (χ0n) is 9.88. The third-order valence-electron chi connectivity index (χ3n) is 2.34. The second-order valence-corrected chi connectivity index (χ2v) is 3.41. The monoisotopic (exact) mass is 233 g/mol. The quantitative estimate of drug-likeness (QED) is 0.810. The van der Waals surface area contributed by atoms with Gasteiger partial charge in [-0.2, -0.15) is 0 Å². The standard InChI is InChI=1S/C10H15N7/c1-3-12-10-16-15-9(17(10)4-2)7-8(11)14-6-5-13-7/h5-6H,3-4H2,1-2H3,(H2,11,14)(H,12,16). The molecule has 90 valence electrons. The summed E-state index contributed by atoms with van der Waals surface area (Å²) < 4.78 is 1.92. The number of rotatable bonds is 4. The number of anilines is 2. The SMILES string of the molecule is CCNc1nnc(-c2nccnc2N)n1CC. The lowest BCUT2D eigenvalue weighted by molar-refractivity contribution is 0.767. The fourth-order valence-electron chi connectivity index (χ4n) is 1.59. The smallest absolute Gasteiger partial charge is 0.224 e. The number of hydrogen-bond acceptors (Lipinski definition) is 6. The molecule has 0 aliphatic heterocycles. The van der Waals surface area contributed by atoms with Gasteiger partial charge in [0.05, 0.1) is 0 Å². The minimum absolute atomic E-state index is 0.359. The first-order valence-corrected chi connectivity index (χ1v) is 5.51. The van der Waals surface area contributed by atoms with Crippen LogP contribution in [0.2, 0.25) is 0 Å². The van der Waals surface area contributed by atoms with Crippen LogP contribution in [0.3, 0.4) is 0 Å². The largest absolute Gasteiger partial charge is 0.382 e. The van der Waals surface area contributed by atoms with E-state index in [0.29, 0.717) is 17.3 Å². The molecule has 0 aliphatic carbocycles. The molecular weight excluding hydrogens is 218 g/mol. The van der Waals surface area contributed by atoms with Crippen molar-refractivity contribution in [2.24, 2.45) is 0 Å². The highest BCUT2D eigenvalue weighted by atomic mass is 15.4. The van der Waals surface area contributed by atoms with Gasteiger partial charge in [-0.25, -0.2) is 9.97 Å². The summed E-state index contributed by atoms with van der Waals surface area (Å²) in [6, 6.07) is 0. The Bertz CT molecular complexity index is 505. The fourth-order valence-corrected chi connectivity index (χ4v) is 1.59. The summed E-state index contributed by atoms with van der Waals surface area (Å²) in [6.07, 6.45) is 3.14. The lowest BCUT2D eigenvalue weighted by atomic mass is 10.4. The number of nitrogen functional groups attached to an aromatic ring is 1. The van der Waals surface area contributed by atoms with E-state index in [4.69, 9.17) is 5.73 Å². The number of nitrogens with two attached hydrogens (primary N) is 1. The number of nitrogens with one attached hydrogen (secondary N) is 1. The summed E-state index contributed by atoms with van der Waals surface area (Å²) in [6.45, 7) is 5.54. The minimum atomic E-state index is 0.359. The maximum atomic E-state index is 5.78. The molecule has 3 N–H and O–H groups in total. The van der Waals surface area contributed by atoms with E-state index in [9.17, 15) is 0 Å². The zero-order valence-corrected chi connectivity index (χ0v) is 9.88. The van der Waals surface area contributed by atoms with E-state index in [1.807, 2.05) is 18.4 Å². The van der Waals surface area contributed by atoms with Crippen molar-refractivity contribution in [3.63, 3.8) is 0 Å². The Kier molecular flexibility index (Phi) is 3.17. The molecule has 0 fully saturated rings. The zero-order chi connectivity index (χ0) is 12.3. The van der Waals surface area contributed by atoms with Crippen molar-refractivity contribution in [2.75, 3.05) is 17.6 Å². The van der Waals surface area contributed by atoms with Gasteiger partial charge in [0.1, 0.15) is 5.69 Å². The van der Waals surface area contributed by atoms with Gasteiger partial charge in [0.25, 0.3) is 0 Å². The van der Waals surface area contributed by atoms with Crippen molar-refractivity contribution in [1.29, 1.82) is 0 Å². The van der Waals surface area contributed by atoms with Crippen LogP contribution in [0.25, 0.3) is 11.5 Å². The predicted molar refractivity (Wildman–Crippen MR) is 65.3 cm³/mol. The maximum Gasteiger partial charge on any atom is 0.224 e. The molecule has 0 atom stereocenters. The molecule has 0 radical (unpaired) electrons. The topological polar surface area (TPSA) is 94.5 Å². The van der Waals surface area contributed by atoms with Crippen molar-refractivity contribution < 1.29 is 0 Å². The van der Waals surface area contributed by atoms with E-state index in [-0.39, 0.29) is 0 Å². The van der Waals surface area contributed by atoms with E-state index in [2.05, 4.69) is 25.5 Å². The van der Waals surface area contributed by atoms with E-state index in [0.717, 1.165) is 19.0 Å². The first kappa shape index (κ1) is 11.3. The number of nitrogens with zero attached hydrogens (tertiary/aromatic N) is 5. The molecule has 7 heteroatoms. The normalized spacial score (nSPS) is 10.5. The van der Waals surface area contributed by atoms with Crippen molar-refractivity contribution in [1.82, 2.24) is 24.7 Å². The van der Waals surface area contributed by atoms with Gasteiger partial charge < -0.3 is 11.1 Å². The molecule has 17 heavy (non-hydrogen) atoms. The molecule has 0 aromatic carbocycles. The maximum absolute atomic E-state index is 5.78. The molecule has 0 aliphatic rings. The van der Waals surface area contributed by atoms with Crippen LogP contribution in [0, 0.1) is 0 Å². The Morgan fingerprint density at radius 2 is 2.00 bits per heavy atom. The molecule has 0 saturated carbocycles. The average molecular weight is 233 g/mol. The van der Waals surface area contributed by atoms with E-state index < -0.39 is 0 Å². The van der Waals surface area contributed by atoms with Crippen LogP contribution in [0.15, 0.2) is 12.4 Å². The summed E-state index contributed by atoms with van der Waals surface area (Å²) in [4.78, 5) is 8.19. The van der Waals surface area contributed by atoms with Crippen LogP contribution in [0.4, 0.5) is 11.8 Å². The number of aromatic nitrogens is 5. The van der Waals surface area contributed by atoms with Crippen molar-refractivity contribution in [3.8, 4) is 11.5 Å². The Hall–Kier alpha value is -2.18. The first-order valence-electron chi connectivity index (χ1n) is 5.51. The highest BCUT2D eigenvalue weighted by Gasteiger charge is 2.15. The summed E-state index contributed by atoms with van der Waals surface area (Å²) in [5.41, 5.74) is 6.35. The molecule has 2 aromatic rings. The highest BCUT2D eigenvalue weighted by Crippen LogP contribution is 2.21. The van der Waals surface area contributed by atoms with Gasteiger partial charge in [0.2, 0.25) is 5.95 Å². The molecule has 0 saturated heterocycles. The van der Waals surface area contributed by atoms with Crippen LogP contribution in [-0.4, -0.2) is 31.3 Å². The average Bonchev–Trinajstić information content (AvgIpc) is 2.73. The van der Waals surface area contributed by atoms with E-state index in [1.54, 1.807) is 12.4 Å². The van der Waals surface area contributed by atoms with Gasteiger partial charge in [0.15, 0.2) is 11.6 Å². The lowest BCUT2D eigenvalue weighted by Crippen LogP contribution is -2.08. The molecule has 0 unspecified atom stereocenters. The summed E-state index contributed by atoms with van der Waals surface area (Å²) >= 11 is 0. The summed E-state index contributed by atoms with van der Waals surface area (Å²) in [5, 5.41) is 11.3. The van der Waals surface area contributed by atoms with Crippen molar-refractivity contribution in [3.05, 3.63) is 12.4 Å². The fraction of sp³-hybridized carbons (Fsp3) is 0.400. The lowest BCUT2D eigenvalue weighted by Gasteiger charge is -2.08. The van der Waals surface area contributed by atoms with Crippen LogP contribution < -0.4 is 11.1 Å². The van der Waals surface area contributed by atoms with E-state index in [1.165, 1.54) is 0 Å². The molecular formula is C10H15N7. The van der Waals surface area contributed by atoms with Gasteiger partial charge >= 0.3 is 0 Å². The molecule has 2 rings (SSSR count). The van der Waals surface area contributed by atoms with Gasteiger partial charge in [-0.15, -0.1) is 10.2 Å². The molecule has 7 nitrogen and oxygen atoms in total. The first-order chi connectivity index (χ1) is 8.27. The van der Waals surface area contributed by atoms with Gasteiger partial charge in [-0.1, -0.05) is 0 Å². The molecule has 0 spiro atoms. The molecule has 0 bridgehead atoms. The molecule has 2 heterocycles. The molecule has 0 amide bonds. The third-order valence-corrected chi connectivity index (χ3v) is 2.34. The Balaban J connectivity index is 2.49. The predicted octanol–water partition coefficient (Wildman–Crippen LogP) is 0.769. The minimum Gasteiger partial charge on any atom is -0.382 e. The summed E-state index contributed by atoms with van der Waals surface area (Å²) in [7, 11) is 0. The Morgan fingerprint density at radius 1 is 1.24 bits per heavy atom. The highest BCUT2D eigenvalue weighted by molar-refractivity contribution is 5.64. The second kappa shape index (κ2) is 4.77. The van der Waals surface area contributed by atoms with Crippen LogP contribution in [0.1, 0.15) is 13.8 Å². The van der Waals surface area contributed by atoms with Crippen molar-refractivity contribution >= 4 is 11.8 Å². The third kappa shape index (κ3) is 2.03. The van der Waals surface area contributed by atoms with Gasteiger partial charge in [-0.3, -0.25) is 4.57 Å². The van der Waals surface area contributed by atoms with Crippen LogP contribution in [0.5, 0.6) is 0 Å². The Morgan fingerprint density at radius 3 is 2.65 bits per heavy atom. The second-order valence-electron chi connectivity index (χ2n) is 3.41. The van der Waals surface area contributed by atoms with Gasteiger partial charge in [-0.05, 0) is 13.8 Å².